The summed E-state index contributed by atoms with van der Waals surface area (Å²) in [5.74, 6) is 1.68. The zero-order chi connectivity index (χ0) is 16.4. The summed E-state index contributed by atoms with van der Waals surface area (Å²) in [7, 11) is 0. The molecule has 2 rings (SSSR count). The molecule has 0 aliphatic rings. The summed E-state index contributed by atoms with van der Waals surface area (Å²) in [5.41, 5.74) is 0.842. The van der Waals surface area contributed by atoms with Gasteiger partial charge in [-0.05, 0) is 24.3 Å². The number of aryl methyl sites for hydroxylation is 1. The monoisotopic (exact) mass is 307 g/mol. The molecule has 22 heavy (non-hydrogen) atoms. The number of amides is 1. The van der Waals surface area contributed by atoms with Gasteiger partial charge in [0.2, 0.25) is 17.7 Å². The smallest absolute Gasteiger partial charge is 0.247 e. The minimum Gasteiger partial charge on any atom is -0.492 e. The van der Waals surface area contributed by atoms with Gasteiger partial charge in [-0.15, -0.1) is 10.2 Å². The van der Waals surface area contributed by atoms with Crippen molar-refractivity contribution in [2.75, 3.05) is 13.2 Å². The largest absolute Gasteiger partial charge is 0.492 e. The van der Waals surface area contributed by atoms with Crippen LogP contribution in [0, 0.1) is 6.92 Å². The first-order valence-electron chi connectivity index (χ1n) is 7.34. The van der Waals surface area contributed by atoms with E-state index in [0.717, 1.165) is 11.3 Å². The van der Waals surface area contributed by atoms with Gasteiger partial charge in [0.25, 0.3) is 0 Å². The fraction of sp³-hybridized carbons (Fsp3) is 0.438. The molecule has 1 heterocycles. The van der Waals surface area contributed by atoms with Crippen molar-refractivity contribution in [1.29, 1.82) is 0 Å². The van der Waals surface area contributed by atoms with Gasteiger partial charge in [-0.2, -0.15) is 0 Å². The molecular weight excluding hydrogens is 282 g/mol. The molecule has 1 aromatic carbocycles. The molecule has 0 unspecified atom stereocenters. The molecular formula is C16H25N3O3. The number of carbonyl (C=O) groups excluding carboxylic acids is 1. The highest BCUT2D eigenvalue weighted by Gasteiger charge is 2.05. The van der Waals surface area contributed by atoms with Crippen LogP contribution in [0.2, 0.25) is 0 Å². The Morgan fingerprint density at radius 1 is 1.27 bits per heavy atom. The minimum absolute atomic E-state index is 0. The highest BCUT2D eigenvalue weighted by molar-refractivity contribution is 5.72. The van der Waals surface area contributed by atoms with E-state index in [0.29, 0.717) is 24.9 Å². The molecule has 0 fully saturated rings. The molecule has 6 nitrogen and oxygen atoms in total. The second kappa shape index (κ2) is 9.55. The number of ether oxygens (including phenoxy) is 1. The molecule has 0 radical (unpaired) electrons. The zero-order valence-electron chi connectivity index (χ0n) is 13.5. The highest BCUT2D eigenvalue weighted by atomic mass is 16.5. The van der Waals surface area contributed by atoms with Crippen LogP contribution in [-0.4, -0.2) is 29.3 Å². The van der Waals surface area contributed by atoms with Gasteiger partial charge in [0.15, 0.2) is 0 Å². The maximum Gasteiger partial charge on any atom is 0.247 e. The van der Waals surface area contributed by atoms with Gasteiger partial charge in [-0.1, -0.05) is 20.3 Å². The van der Waals surface area contributed by atoms with Crippen LogP contribution >= 0.6 is 0 Å². The van der Waals surface area contributed by atoms with Crippen LogP contribution in [0.25, 0.3) is 11.5 Å². The molecule has 0 spiro atoms. The molecule has 6 heteroatoms. The number of hydrogen-bond acceptors (Lipinski definition) is 5. The Bertz CT molecular complexity index is 570. The predicted octanol–water partition coefficient (Wildman–Crippen LogP) is 3.22. The Morgan fingerprint density at radius 2 is 1.91 bits per heavy atom. The lowest BCUT2D eigenvalue weighted by Gasteiger charge is -2.06. The normalized spacial score (nSPS) is 9.64. The van der Waals surface area contributed by atoms with E-state index >= 15 is 0 Å². The number of carbonyl (C=O) groups is 1. The van der Waals surface area contributed by atoms with Crippen molar-refractivity contribution in [2.24, 2.45) is 0 Å². The van der Waals surface area contributed by atoms with E-state index in [1.807, 2.05) is 24.3 Å². The second-order valence-electron chi connectivity index (χ2n) is 4.69. The third kappa shape index (κ3) is 6.39. The maximum absolute atomic E-state index is 10.7. The van der Waals surface area contributed by atoms with Gasteiger partial charge in [0.1, 0.15) is 12.4 Å². The number of nitrogens with zero attached hydrogens (tertiary/aromatic N) is 2. The molecule has 1 N–H and O–H groups in total. The zero-order valence-corrected chi connectivity index (χ0v) is 13.5. The fourth-order valence-corrected chi connectivity index (χ4v) is 1.50. The van der Waals surface area contributed by atoms with Crippen LogP contribution in [0.15, 0.2) is 28.7 Å². The summed E-state index contributed by atoms with van der Waals surface area (Å²) in [6.45, 7) is 8.38. The van der Waals surface area contributed by atoms with Crippen molar-refractivity contribution < 1.29 is 15.4 Å². The van der Waals surface area contributed by atoms with Crippen LogP contribution in [0.3, 0.4) is 0 Å². The van der Waals surface area contributed by atoms with Gasteiger partial charge in [0, 0.05) is 20.8 Å². The first-order valence-corrected chi connectivity index (χ1v) is 7.34. The second-order valence-corrected chi connectivity index (χ2v) is 4.69. The molecule has 1 aromatic heterocycles. The average molecular weight is 307 g/mol. The highest BCUT2D eigenvalue weighted by Crippen LogP contribution is 2.20. The van der Waals surface area contributed by atoms with Crippen LogP contribution in [0.5, 0.6) is 5.75 Å². The number of benzene rings is 1. The Balaban J connectivity index is 0.00000112. The lowest BCUT2D eigenvalue weighted by Crippen LogP contribution is -2.25. The molecule has 0 aliphatic carbocycles. The number of nitrogens with one attached hydrogen (secondary N) is 1. The third-order valence-corrected chi connectivity index (χ3v) is 2.37. The van der Waals surface area contributed by atoms with E-state index in [1.165, 1.54) is 13.3 Å². The Labute approximate surface area is 132 Å². The topological polar surface area (TPSA) is 77.2 Å². The summed E-state index contributed by atoms with van der Waals surface area (Å²) in [5, 5.41) is 10.4. The molecule has 1 amide bonds. The van der Waals surface area contributed by atoms with E-state index in [2.05, 4.69) is 29.4 Å². The number of aromatic nitrogens is 2. The summed E-state index contributed by atoms with van der Waals surface area (Å²) < 4.78 is 10.8. The number of rotatable bonds is 5. The van der Waals surface area contributed by atoms with Gasteiger partial charge in [-0.25, -0.2) is 0 Å². The summed E-state index contributed by atoms with van der Waals surface area (Å²) in [6, 6.07) is 7.34. The van der Waals surface area contributed by atoms with E-state index < -0.39 is 0 Å². The van der Waals surface area contributed by atoms with Crippen LogP contribution in [0.1, 0.15) is 34.5 Å². The molecule has 0 saturated heterocycles. The van der Waals surface area contributed by atoms with Crippen LogP contribution < -0.4 is 10.1 Å². The van der Waals surface area contributed by atoms with E-state index in [9.17, 15) is 4.79 Å². The molecule has 122 valence electrons. The number of hydrogen-bond donors (Lipinski definition) is 1. The maximum atomic E-state index is 10.7. The lowest BCUT2D eigenvalue weighted by atomic mass is 10.2. The summed E-state index contributed by atoms with van der Waals surface area (Å²) in [6.07, 6.45) is 1.25. The molecule has 0 saturated carbocycles. The summed E-state index contributed by atoms with van der Waals surface area (Å²) >= 11 is 0. The standard InChI is InChI=1S/C13H15N3O3.C3H8.H2/c1-9(17)14-7-8-18-12-5-3-11(4-6-12)13-16-15-10(2)19-13;1-3-2;/h3-6H,7-8H2,1-2H3,(H,14,17);3H2,1-2H3;1H. The molecule has 2 aromatic rings. The van der Waals surface area contributed by atoms with E-state index in [-0.39, 0.29) is 7.33 Å². The molecule has 0 atom stereocenters. The average Bonchev–Trinajstić information content (AvgIpc) is 2.91. The third-order valence-electron chi connectivity index (χ3n) is 2.37. The predicted molar refractivity (Wildman–Crippen MR) is 86.7 cm³/mol. The van der Waals surface area contributed by atoms with Crippen molar-refractivity contribution >= 4 is 5.91 Å². The molecule has 0 aliphatic heterocycles. The van der Waals surface area contributed by atoms with Gasteiger partial charge in [-0.3, -0.25) is 4.79 Å². The molecule has 0 bridgehead atoms. The first kappa shape index (κ1) is 17.7. The SMILES string of the molecule is CC(=O)NCCOc1ccc(-c2nnc(C)o2)cc1.CCC.[HH]. The minimum atomic E-state index is -0.0642. The van der Waals surface area contributed by atoms with Crippen molar-refractivity contribution in [3.63, 3.8) is 0 Å². The Hall–Kier alpha value is -2.37. The van der Waals surface area contributed by atoms with Crippen LogP contribution in [-0.2, 0) is 4.79 Å². The summed E-state index contributed by atoms with van der Waals surface area (Å²) in [4.78, 5) is 10.7. The van der Waals surface area contributed by atoms with Crippen molar-refractivity contribution in [1.82, 2.24) is 15.5 Å². The van der Waals surface area contributed by atoms with Crippen LogP contribution in [0.4, 0.5) is 0 Å². The van der Waals surface area contributed by atoms with E-state index in [4.69, 9.17) is 9.15 Å². The van der Waals surface area contributed by atoms with Crippen molar-refractivity contribution in [3.8, 4) is 17.2 Å². The van der Waals surface area contributed by atoms with Gasteiger partial charge < -0.3 is 14.5 Å². The Morgan fingerprint density at radius 3 is 2.41 bits per heavy atom. The van der Waals surface area contributed by atoms with Crippen molar-refractivity contribution in [2.45, 2.75) is 34.1 Å². The van der Waals surface area contributed by atoms with Gasteiger partial charge in [0.05, 0.1) is 6.54 Å². The van der Waals surface area contributed by atoms with Gasteiger partial charge >= 0.3 is 0 Å². The first-order chi connectivity index (χ1) is 10.6. The quantitative estimate of drug-likeness (QED) is 0.858. The fourth-order valence-electron chi connectivity index (χ4n) is 1.50. The van der Waals surface area contributed by atoms with E-state index in [1.54, 1.807) is 6.92 Å². The lowest BCUT2D eigenvalue weighted by molar-refractivity contribution is -0.119. The van der Waals surface area contributed by atoms with Crippen molar-refractivity contribution in [3.05, 3.63) is 30.2 Å². The Kier molecular flexibility index (Phi) is 7.67.